The molecule has 1 N–H and O–H groups in total. The van der Waals surface area contributed by atoms with Gasteiger partial charge in [0.05, 0.1) is 0 Å². The lowest BCUT2D eigenvalue weighted by Gasteiger charge is -2.32. The summed E-state index contributed by atoms with van der Waals surface area (Å²) in [5.41, 5.74) is 0. The molecular formula is C14H28N2O. The standard InChI is InChI=1S/C14H28N2O/c1-11-7-8-13(10-12(11)2)15-9-5-6-14(17)16(3)4/h11-13,15H,5-10H2,1-4H3. The summed E-state index contributed by atoms with van der Waals surface area (Å²) in [7, 11) is 3.64. The van der Waals surface area contributed by atoms with Crippen molar-refractivity contribution in [3.05, 3.63) is 0 Å². The molecule has 1 aliphatic carbocycles. The van der Waals surface area contributed by atoms with E-state index in [1.807, 2.05) is 14.1 Å². The zero-order valence-electron chi connectivity index (χ0n) is 11.8. The van der Waals surface area contributed by atoms with Crippen LogP contribution in [0.15, 0.2) is 0 Å². The molecule has 1 aliphatic rings. The van der Waals surface area contributed by atoms with Gasteiger partial charge in [-0.2, -0.15) is 0 Å². The first-order valence-electron chi connectivity index (χ1n) is 6.94. The Morgan fingerprint density at radius 1 is 1.24 bits per heavy atom. The minimum absolute atomic E-state index is 0.234. The van der Waals surface area contributed by atoms with E-state index < -0.39 is 0 Å². The fourth-order valence-corrected chi connectivity index (χ4v) is 2.50. The molecule has 0 heterocycles. The second-order valence-electron chi connectivity index (χ2n) is 5.81. The Labute approximate surface area is 106 Å². The maximum absolute atomic E-state index is 11.4. The number of amides is 1. The Bertz CT molecular complexity index is 240. The Morgan fingerprint density at radius 2 is 1.94 bits per heavy atom. The van der Waals surface area contributed by atoms with Gasteiger partial charge in [0.25, 0.3) is 0 Å². The molecule has 0 bridgehead atoms. The molecule has 3 atom stereocenters. The van der Waals surface area contributed by atoms with Gasteiger partial charge in [0.2, 0.25) is 5.91 Å². The molecular weight excluding hydrogens is 212 g/mol. The van der Waals surface area contributed by atoms with E-state index in [0.717, 1.165) is 24.8 Å². The van der Waals surface area contributed by atoms with Crippen LogP contribution in [0.1, 0.15) is 46.0 Å². The van der Waals surface area contributed by atoms with Crippen molar-refractivity contribution >= 4 is 5.91 Å². The quantitative estimate of drug-likeness (QED) is 0.748. The van der Waals surface area contributed by atoms with Gasteiger partial charge in [0, 0.05) is 26.6 Å². The fraction of sp³-hybridized carbons (Fsp3) is 0.929. The molecule has 3 unspecified atom stereocenters. The number of nitrogens with zero attached hydrogens (tertiary/aromatic N) is 1. The normalized spacial score (nSPS) is 29.1. The second-order valence-corrected chi connectivity index (χ2v) is 5.81. The van der Waals surface area contributed by atoms with Gasteiger partial charge >= 0.3 is 0 Å². The van der Waals surface area contributed by atoms with Gasteiger partial charge in [-0.25, -0.2) is 0 Å². The number of hydrogen-bond acceptors (Lipinski definition) is 2. The predicted octanol–water partition coefficient (Wildman–Crippen LogP) is 2.27. The number of carbonyl (C=O) groups excluding carboxylic acids is 1. The van der Waals surface area contributed by atoms with Crippen molar-refractivity contribution in [1.82, 2.24) is 10.2 Å². The van der Waals surface area contributed by atoms with Crippen LogP contribution >= 0.6 is 0 Å². The lowest BCUT2D eigenvalue weighted by molar-refractivity contribution is -0.128. The maximum atomic E-state index is 11.4. The molecule has 3 nitrogen and oxygen atoms in total. The van der Waals surface area contributed by atoms with Crippen molar-refractivity contribution in [3.63, 3.8) is 0 Å². The van der Waals surface area contributed by atoms with Crippen molar-refractivity contribution < 1.29 is 4.79 Å². The van der Waals surface area contributed by atoms with Gasteiger partial charge < -0.3 is 10.2 Å². The SMILES string of the molecule is CC1CCC(NCCCC(=O)N(C)C)CC1C. The maximum Gasteiger partial charge on any atom is 0.222 e. The van der Waals surface area contributed by atoms with Crippen LogP contribution in [-0.2, 0) is 4.79 Å². The zero-order chi connectivity index (χ0) is 12.8. The Hall–Kier alpha value is -0.570. The molecule has 0 aliphatic heterocycles. The van der Waals surface area contributed by atoms with E-state index >= 15 is 0 Å². The number of carbonyl (C=O) groups is 1. The van der Waals surface area contributed by atoms with Gasteiger partial charge in [-0.3, -0.25) is 4.79 Å². The summed E-state index contributed by atoms with van der Waals surface area (Å²) in [6, 6.07) is 0.677. The summed E-state index contributed by atoms with van der Waals surface area (Å²) in [6.07, 6.45) is 5.56. The third-order valence-corrected chi connectivity index (χ3v) is 4.10. The lowest BCUT2D eigenvalue weighted by atomic mass is 9.79. The van der Waals surface area contributed by atoms with Crippen LogP contribution in [0.25, 0.3) is 0 Å². The highest BCUT2D eigenvalue weighted by atomic mass is 16.2. The molecule has 0 radical (unpaired) electrons. The summed E-state index contributed by atoms with van der Waals surface area (Å²) < 4.78 is 0. The van der Waals surface area contributed by atoms with Crippen LogP contribution in [0.3, 0.4) is 0 Å². The number of hydrogen-bond donors (Lipinski definition) is 1. The van der Waals surface area contributed by atoms with Crippen molar-refractivity contribution in [2.24, 2.45) is 11.8 Å². The molecule has 1 saturated carbocycles. The Balaban J connectivity index is 2.09. The average molecular weight is 240 g/mol. The van der Waals surface area contributed by atoms with Crippen molar-refractivity contribution in [1.29, 1.82) is 0 Å². The van der Waals surface area contributed by atoms with E-state index in [1.165, 1.54) is 19.3 Å². The molecule has 0 aromatic heterocycles. The third-order valence-electron chi connectivity index (χ3n) is 4.10. The molecule has 0 spiro atoms. The van der Waals surface area contributed by atoms with Gasteiger partial charge in [-0.1, -0.05) is 13.8 Å². The Morgan fingerprint density at radius 3 is 2.53 bits per heavy atom. The monoisotopic (exact) mass is 240 g/mol. The van der Waals surface area contributed by atoms with Gasteiger partial charge in [0.1, 0.15) is 0 Å². The largest absolute Gasteiger partial charge is 0.349 e. The van der Waals surface area contributed by atoms with Gasteiger partial charge in [-0.05, 0) is 44.1 Å². The van der Waals surface area contributed by atoms with E-state index in [-0.39, 0.29) is 5.91 Å². The molecule has 0 aromatic rings. The van der Waals surface area contributed by atoms with Gasteiger partial charge in [-0.15, -0.1) is 0 Å². The fourth-order valence-electron chi connectivity index (χ4n) is 2.50. The summed E-state index contributed by atoms with van der Waals surface area (Å²) in [4.78, 5) is 13.1. The van der Waals surface area contributed by atoms with Crippen LogP contribution in [0, 0.1) is 11.8 Å². The third kappa shape index (κ3) is 5.07. The molecule has 17 heavy (non-hydrogen) atoms. The van der Waals surface area contributed by atoms with Crippen molar-refractivity contribution in [2.75, 3.05) is 20.6 Å². The molecule has 0 aromatic carbocycles. The molecule has 100 valence electrons. The minimum Gasteiger partial charge on any atom is -0.349 e. The summed E-state index contributed by atoms with van der Waals surface area (Å²) >= 11 is 0. The summed E-state index contributed by atoms with van der Waals surface area (Å²) in [5.74, 6) is 1.95. The molecule has 3 heteroatoms. The van der Waals surface area contributed by atoms with Crippen LogP contribution in [0.4, 0.5) is 0 Å². The average Bonchev–Trinajstić information content (AvgIpc) is 2.28. The highest BCUT2D eigenvalue weighted by molar-refractivity contribution is 5.75. The van der Waals surface area contributed by atoms with E-state index in [2.05, 4.69) is 19.2 Å². The van der Waals surface area contributed by atoms with E-state index in [9.17, 15) is 4.79 Å². The lowest BCUT2D eigenvalue weighted by Crippen LogP contribution is -2.37. The minimum atomic E-state index is 0.234. The van der Waals surface area contributed by atoms with Crippen molar-refractivity contribution in [3.8, 4) is 0 Å². The Kier molecular flexibility index (Phi) is 5.96. The summed E-state index contributed by atoms with van der Waals surface area (Å²) in [6.45, 7) is 5.69. The number of nitrogens with one attached hydrogen (secondary N) is 1. The molecule has 1 fully saturated rings. The van der Waals surface area contributed by atoms with Crippen LogP contribution < -0.4 is 5.32 Å². The zero-order valence-corrected chi connectivity index (χ0v) is 11.8. The van der Waals surface area contributed by atoms with E-state index in [1.54, 1.807) is 4.90 Å². The first-order chi connectivity index (χ1) is 8.00. The first kappa shape index (κ1) is 14.5. The highest BCUT2D eigenvalue weighted by Crippen LogP contribution is 2.29. The van der Waals surface area contributed by atoms with Crippen molar-refractivity contribution in [2.45, 2.75) is 52.0 Å². The smallest absolute Gasteiger partial charge is 0.222 e. The van der Waals surface area contributed by atoms with Gasteiger partial charge in [0.15, 0.2) is 0 Å². The summed E-state index contributed by atoms with van der Waals surface area (Å²) in [5, 5.41) is 3.60. The molecule has 1 amide bonds. The highest BCUT2D eigenvalue weighted by Gasteiger charge is 2.23. The van der Waals surface area contributed by atoms with E-state index in [0.29, 0.717) is 12.5 Å². The van der Waals surface area contributed by atoms with Crippen LogP contribution in [0.5, 0.6) is 0 Å². The molecule has 0 saturated heterocycles. The molecule has 1 rings (SSSR count). The topological polar surface area (TPSA) is 32.3 Å². The van der Waals surface area contributed by atoms with Crippen LogP contribution in [-0.4, -0.2) is 37.5 Å². The number of rotatable bonds is 5. The van der Waals surface area contributed by atoms with E-state index in [4.69, 9.17) is 0 Å². The second kappa shape index (κ2) is 7.00. The first-order valence-corrected chi connectivity index (χ1v) is 6.94. The predicted molar refractivity (Wildman–Crippen MR) is 71.9 cm³/mol. The van der Waals surface area contributed by atoms with Crippen LogP contribution in [0.2, 0.25) is 0 Å².